The van der Waals surface area contributed by atoms with Gasteiger partial charge in [-0.25, -0.2) is 4.79 Å². The minimum Gasteiger partial charge on any atom is -0.383 e. The number of hydrogen-bond acceptors (Lipinski definition) is 5. The van der Waals surface area contributed by atoms with Gasteiger partial charge in [-0.2, -0.15) is 18.3 Å². The van der Waals surface area contributed by atoms with Crippen LogP contribution in [0.5, 0.6) is 0 Å². The number of rotatable bonds is 4. The van der Waals surface area contributed by atoms with Crippen molar-refractivity contribution in [3.63, 3.8) is 0 Å². The molecule has 152 valence electrons. The lowest BCUT2D eigenvalue weighted by Crippen LogP contribution is -2.36. The Hall–Kier alpha value is -3.83. The van der Waals surface area contributed by atoms with Gasteiger partial charge < -0.3 is 11.1 Å². The summed E-state index contributed by atoms with van der Waals surface area (Å²) in [5.41, 5.74) is 3.34. The number of hydrogen-bond donors (Lipinski definition) is 3. The number of halogens is 3. The zero-order valence-electron chi connectivity index (χ0n) is 14.9. The summed E-state index contributed by atoms with van der Waals surface area (Å²) in [6, 6.07) is 4.73. The second-order valence-corrected chi connectivity index (χ2v) is 6.16. The Kier molecular flexibility index (Phi) is 5.01. The molecule has 4 N–H and O–H groups in total. The fourth-order valence-electron chi connectivity index (χ4n) is 2.54. The molecule has 3 rings (SSSR count). The van der Waals surface area contributed by atoms with Gasteiger partial charge in [0.2, 0.25) is 0 Å². The van der Waals surface area contributed by atoms with Crippen molar-refractivity contribution in [1.82, 2.24) is 19.3 Å². The molecule has 12 heteroatoms. The first kappa shape index (κ1) is 19.9. The molecule has 0 saturated carbocycles. The number of amides is 1. The molecule has 3 aromatic rings. The molecule has 0 aliphatic heterocycles. The number of carbonyl (C=O) groups is 1. The Labute approximate surface area is 160 Å². The van der Waals surface area contributed by atoms with Gasteiger partial charge in [-0.15, -0.1) is 0 Å². The maximum absolute atomic E-state index is 12.8. The van der Waals surface area contributed by atoms with Crippen LogP contribution in [0.15, 0.2) is 46.2 Å². The third kappa shape index (κ3) is 4.20. The summed E-state index contributed by atoms with van der Waals surface area (Å²) in [7, 11) is 1.21. The molecule has 0 atom stereocenters. The molecule has 2 heterocycles. The minimum atomic E-state index is -4.46. The third-order valence-corrected chi connectivity index (χ3v) is 4.07. The summed E-state index contributed by atoms with van der Waals surface area (Å²) in [6.45, 7) is -0.000237. The highest BCUT2D eigenvalue weighted by molar-refractivity contribution is 6.05. The van der Waals surface area contributed by atoms with Crippen LogP contribution >= 0.6 is 0 Å². The molecule has 9 nitrogen and oxygen atoms in total. The molecule has 0 aliphatic rings. The maximum Gasteiger partial charge on any atom is 0.416 e. The summed E-state index contributed by atoms with van der Waals surface area (Å²) in [6.07, 6.45) is -1.97. The molecule has 0 saturated heterocycles. The molecular weight excluding hydrogens is 393 g/mol. The van der Waals surface area contributed by atoms with Crippen LogP contribution in [0.4, 0.5) is 24.7 Å². The van der Waals surface area contributed by atoms with Crippen LogP contribution in [0, 0.1) is 0 Å². The normalized spacial score (nSPS) is 11.4. The summed E-state index contributed by atoms with van der Waals surface area (Å²) in [5, 5.41) is 6.24. The van der Waals surface area contributed by atoms with Gasteiger partial charge in [-0.05, 0) is 17.7 Å². The van der Waals surface area contributed by atoms with E-state index < -0.39 is 28.9 Å². The van der Waals surface area contributed by atoms with Gasteiger partial charge in [-0.3, -0.25) is 23.8 Å². The number of H-pyrrole nitrogens is 1. The largest absolute Gasteiger partial charge is 0.416 e. The Morgan fingerprint density at radius 3 is 2.72 bits per heavy atom. The number of nitrogen functional groups attached to an aromatic ring is 1. The molecule has 29 heavy (non-hydrogen) atoms. The molecule has 0 spiro atoms. The number of carbonyl (C=O) groups excluding carboxylic acids is 1. The van der Waals surface area contributed by atoms with Gasteiger partial charge in [0, 0.05) is 13.2 Å². The highest BCUT2D eigenvalue weighted by Gasteiger charge is 2.30. The highest BCUT2D eigenvalue weighted by atomic mass is 19.4. The molecule has 0 radical (unpaired) electrons. The van der Waals surface area contributed by atoms with Crippen LogP contribution in [0.3, 0.4) is 0 Å². The van der Waals surface area contributed by atoms with E-state index in [1.54, 1.807) is 0 Å². The second kappa shape index (κ2) is 7.30. The van der Waals surface area contributed by atoms with E-state index in [0.29, 0.717) is 5.56 Å². The maximum atomic E-state index is 12.8. The van der Waals surface area contributed by atoms with E-state index >= 15 is 0 Å². The molecule has 0 bridgehead atoms. The Morgan fingerprint density at radius 2 is 2.03 bits per heavy atom. The summed E-state index contributed by atoms with van der Waals surface area (Å²) >= 11 is 0. The first-order valence-electron chi connectivity index (χ1n) is 8.15. The van der Waals surface area contributed by atoms with Crippen molar-refractivity contribution in [2.45, 2.75) is 12.7 Å². The number of nitrogens with one attached hydrogen (secondary N) is 2. The van der Waals surface area contributed by atoms with Crippen molar-refractivity contribution >= 4 is 17.4 Å². The van der Waals surface area contributed by atoms with Crippen LogP contribution in [-0.4, -0.2) is 25.2 Å². The van der Waals surface area contributed by atoms with E-state index in [2.05, 4.69) is 15.4 Å². The summed E-state index contributed by atoms with van der Waals surface area (Å²) in [4.78, 5) is 38.1. The summed E-state index contributed by atoms with van der Waals surface area (Å²) < 4.78 is 40.4. The van der Waals surface area contributed by atoms with Crippen LogP contribution in [0.25, 0.3) is 0 Å². The van der Waals surface area contributed by atoms with Crippen molar-refractivity contribution in [3.8, 4) is 0 Å². The lowest BCUT2D eigenvalue weighted by molar-refractivity contribution is -0.137. The SMILES string of the molecule is Cn1c(=O)[nH]c(N)c(NC(=O)c2cnn(Cc3cccc(C(F)(F)F)c3)c2)c1=O. The molecule has 0 aliphatic carbocycles. The van der Waals surface area contributed by atoms with Gasteiger partial charge >= 0.3 is 11.9 Å². The lowest BCUT2D eigenvalue weighted by Gasteiger charge is -2.09. The van der Waals surface area contributed by atoms with Crippen LogP contribution in [0.1, 0.15) is 21.5 Å². The average Bonchev–Trinajstić information content (AvgIpc) is 3.11. The van der Waals surface area contributed by atoms with Gasteiger partial charge in [-0.1, -0.05) is 12.1 Å². The molecule has 1 amide bonds. The molecule has 1 aromatic carbocycles. The molecular formula is C17H15F3N6O3. The van der Waals surface area contributed by atoms with Crippen molar-refractivity contribution < 1.29 is 18.0 Å². The van der Waals surface area contributed by atoms with Gasteiger partial charge in [0.25, 0.3) is 11.5 Å². The number of benzene rings is 1. The van der Waals surface area contributed by atoms with Gasteiger partial charge in [0.05, 0.1) is 23.9 Å². The minimum absolute atomic E-state index is 0.000237. The number of alkyl halides is 3. The highest BCUT2D eigenvalue weighted by Crippen LogP contribution is 2.29. The van der Waals surface area contributed by atoms with E-state index in [1.165, 1.54) is 36.3 Å². The lowest BCUT2D eigenvalue weighted by atomic mass is 10.1. The van der Waals surface area contributed by atoms with Crippen molar-refractivity contribution in [3.05, 3.63) is 74.2 Å². The fourth-order valence-corrected chi connectivity index (χ4v) is 2.54. The van der Waals surface area contributed by atoms with E-state index in [9.17, 15) is 27.6 Å². The Bertz CT molecular complexity index is 1190. The first-order valence-corrected chi connectivity index (χ1v) is 8.15. The summed E-state index contributed by atoms with van der Waals surface area (Å²) in [5.74, 6) is -1.03. The van der Waals surface area contributed by atoms with E-state index in [0.717, 1.165) is 16.7 Å². The van der Waals surface area contributed by atoms with E-state index in [-0.39, 0.29) is 23.6 Å². The van der Waals surface area contributed by atoms with Crippen molar-refractivity contribution in [2.75, 3.05) is 11.1 Å². The second-order valence-electron chi connectivity index (χ2n) is 6.16. The predicted octanol–water partition coefficient (Wildman–Crippen LogP) is 1.17. The zero-order chi connectivity index (χ0) is 21.3. The Morgan fingerprint density at radius 1 is 1.31 bits per heavy atom. The zero-order valence-corrected chi connectivity index (χ0v) is 14.9. The first-order chi connectivity index (χ1) is 13.6. The number of nitrogens with two attached hydrogens (primary N) is 1. The smallest absolute Gasteiger partial charge is 0.383 e. The standard InChI is InChI=1S/C17H15F3N6O3/c1-25-15(28)12(13(21)24-16(25)29)23-14(27)10-6-22-26(8-10)7-9-3-2-4-11(5-9)17(18,19)20/h2-6,8H,7,21H2,1H3,(H,23,27)(H,24,29). The number of nitrogens with zero attached hydrogens (tertiary/aromatic N) is 3. The number of aromatic amines is 1. The van der Waals surface area contributed by atoms with Crippen molar-refractivity contribution in [1.29, 1.82) is 0 Å². The van der Waals surface area contributed by atoms with Crippen LogP contribution in [-0.2, 0) is 19.8 Å². The monoisotopic (exact) mass is 408 g/mol. The van der Waals surface area contributed by atoms with Crippen LogP contribution in [0.2, 0.25) is 0 Å². The third-order valence-electron chi connectivity index (χ3n) is 4.07. The molecule has 2 aromatic heterocycles. The topological polar surface area (TPSA) is 128 Å². The molecule has 0 unspecified atom stereocenters. The van der Waals surface area contributed by atoms with Gasteiger partial charge in [0.1, 0.15) is 11.5 Å². The molecule has 0 fully saturated rings. The van der Waals surface area contributed by atoms with Gasteiger partial charge in [0.15, 0.2) is 0 Å². The van der Waals surface area contributed by atoms with E-state index in [1.807, 2.05) is 0 Å². The van der Waals surface area contributed by atoms with Crippen molar-refractivity contribution in [2.24, 2.45) is 7.05 Å². The van der Waals surface area contributed by atoms with Crippen LogP contribution < -0.4 is 22.3 Å². The average molecular weight is 408 g/mol. The Balaban J connectivity index is 1.79. The van der Waals surface area contributed by atoms with E-state index in [4.69, 9.17) is 5.73 Å². The predicted molar refractivity (Wildman–Crippen MR) is 97.4 cm³/mol. The quantitative estimate of drug-likeness (QED) is 0.597. The fraction of sp³-hybridized carbons (Fsp3) is 0.176. The number of aromatic nitrogens is 4. The number of anilines is 2.